The number of aliphatic hydroxyl groups excluding tert-OH is 2. The van der Waals surface area contributed by atoms with Crippen LogP contribution in [0.4, 0.5) is 0 Å². The molecule has 1 aliphatic rings. The molecule has 0 heterocycles. The third-order valence-corrected chi connectivity index (χ3v) is 4.00. The van der Waals surface area contributed by atoms with Gasteiger partial charge in [-0.3, -0.25) is 4.79 Å². The van der Waals surface area contributed by atoms with Crippen LogP contribution >= 0.6 is 12.6 Å². The molecule has 1 aromatic carbocycles. The van der Waals surface area contributed by atoms with Crippen LogP contribution in [-0.2, 0) is 10.2 Å². The summed E-state index contributed by atoms with van der Waals surface area (Å²) in [4.78, 5) is 11.4. The number of carboxylic acid groups (broad SMARTS) is 1. The quantitative estimate of drug-likeness (QED) is 0.597. The third kappa shape index (κ3) is 2.63. The molecule has 5 heteroatoms. The molecule has 1 saturated carbocycles. The summed E-state index contributed by atoms with van der Waals surface area (Å²) >= 11 is 4.03. The summed E-state index contributed by atoms with van der Waals surface area (Å²) in [5.74, 6) is -0.402. The van der Waals surface area contributed by atoms with Gasteiger partial charge >= 0.3 is 5.97 Å². The highest BCUT2D eigenvalue weighted by atomic mass is 32.1. The number of carboxylic acids is 1. The summed E-state index contributed by atoms with van der Waals surface area (Å²) in [6.45, 7) is 0. The molecular formula is C14H18O4S. The Morgan fingerprint density at radius 2 is 1.95 bits per heavy atom. The third-order valence-electron chi connectivity index (χ3n) is 3.74. The van der Waals surface area contributed by atoms with Crippen molar-refractivity contribution in [2.24, 2.45) is 0 Å². The van der Waals surface area contributed by atoms with E-state index in [1.165, 1.54) is 0 Å². The van der Waals surface area contributed by atoms with Crippen LogP contribution in [0.2, 0.25) is 0 Å². The van der Waals surface area contributed by atoms with E-state index in [4.69, 9.17) is 0 Å². The van der Waals surface area contributed by atoms with E-state index in [9.17, 15) is 20.1 Å². The molecule has 0 bridgehead atoms. The van der Waals surface area contributed by atoms with E-state index < -0.39 is 23.6 Å². The molecule has 104 valence electrons. The van der Waals surface area contributed by atoms with E-state index in [-0.39, 0.29) is 0 Å². The van der Waals surface area contributed by atoms with Crippen molar-refractivity contribution >= 4 is 18.6 Å². The van der Waals surface area contributed by atoms with Crippen LogP contribution in [0.3, 0.4) is 0 Å². The minimum absolute atomic E-state index is 0.360. The molecule has 2 rings (SSSR count). The topological polar surface area (TPSA) is 77.8 Å². The van der Waals surface area contributed by atoms with E-state index in [2.05, 4.69) is 12.6 Å². The molecule has 1 aliphatic carbocycles. The van der Waals surface area contributed by atoms with Gasteiger partial charge in [0.15, 0.2) is 0 Å². The van der Waals surface area contributed by atoms with Gasteiger partial charge in [-0.15, -0.1) is 0 Å². The van der Waals surface area contributed by atoms with Crippen molar-refractivity contribution in [1.29, 1.82) is 0 Å². The molecule has 2 atom stereocenters. The smallest absolute Gasteiger partial charge is 0.314 e. The maximum absolute atomic E-state index is 11.4. The summed E-state index contributed by atoms with van der Waals surface area (Å²) in [5.41, 5.74) is 0.253. The first-order valence-corrected chi connectivity index (χ1v) is 6.96. The summed E-state index contributed by atoms with van der Waals surface area (Å²) in [7, 11) is 0. The summed E-state index contributed by atoms with van der Waals surface area (Å²) < 4.78 is 0. The Balaban J connectivity index is 2.34. The highest BCUT2D eigenvalue weighted by Gasteiger charge is 2.53. The van der Waals surface area contributed by atoms with Crippen LogP contribution < -0.4 is 0 Å². The van der Waals surface area contributed by atoms with Crippen LogP contribution in [0, 0.1) is 0 Å². The number of aliphatic hydroxyl groups is 2. The molecule has 1 aromatic rings. The maximum Gasteiger partial charge on any atom is 0.314 e. The molecule has 1 fully saturated rings. The van der Waals surface area contributed by atoms with E-state index in [1.54, 1.807) is 24.3 Å². The largest absolute Gasteiger partial charge is 0.481 e. The van der Waals surface area contributed by atoms with Crippen molar-refractivity contribution in [3.8, 4) is 0 Å². The van der Waals surface area contributed by atoms with Crippen LogP contribution in [-0.4, -0.2) is 33.1 Å². The molecule has 19 heavy (non-hydrogen) atoms. The molecule has 4 nitrogen and oxygen atoms in total. The molecule has 3 N–H and O–H groups in total. The lowest BCUT2D eigenvalue weighted by atomic mass is 9.87. The Kier molecular flexibility index (Phi) is 4.18. The SMILES string of the molecule is O=C(O)C1(c2ccccc2C(O)C(O)CCS)CC1. The summed E-state index contributed by atoms with van der Waals surface area (Å²) in [5, 5.41) is 29.4. The van der Waals surface area contributed by atoms with Gasteiger partial charge in [0.2, 0.25) is 0 Å². The van der Waals surface area contributed by atoms with E-state index in [0.717, 1.165) is 0 Å². The lowest BCUT2D eigenvalue weighted by molar-refractivity contribution is -0.140. The number of hydrogen-bond acceptors (Lipinski definition) is 4. The summed E-state index contributed by atoms with van der Waals surface area (Å²) in [6.07, 6.45) is -0.481. The van der Waals surface area contributed by atoms with Crippen LogP contribution in [0.15, 0.2) is 24.3 Å². The van der Waals surface area contributed by atoms with Crippen LogP contribution in [0.5, 0.6) is 0 Å². The molecular weight excluding hydrogens is 264 g/mol. The minimum atomic E-state index is -1.07. The average Bonchev–Trinajstić information content (AvgIpc) is 3.19. The van der Waals surface area contributed by atoms with Crippen molar-refractivity contribution in [3.05, 3.63) is 35.4 Å². The highest BCUT2D eigenvalue weighted by molar-refractivity contribution is 7.80. The number of thiol groups is 1. The Morgan fingerprint density at radius 1 is 1.32 bits per heavy atom. The van der Waals surface area contributed by atoms with Gasteiger partial charge in [0.05, 0.1) is 11.5 Å². The van der Waals surface area contributed by atoms with Gasteiger partial charge in [-0.1, -0.05) is 24.3 Å². The molecule has 0 aromatic heterocycles. The zero-order valence-corrected chi connectivity index (χ0v) is 11.4. The predicted molar refractivity (Wildman–Crippen MR) is 74.4 cm³/mol. The van der Waals surface area contributed by atoms with Gasteiger partial charge in [-0.25, -0.2) is 0 Å². The van der Waals surface area contributed by atoms with Crippen LogP contribution in [0.25, 0.3) is 0 Å². The minimum Gasteiger partial charge on any atom is -0.481 e. The monoisotopic (exact) mass is 282 g/mol. The van der Waals surface area contributed by atoms with Crippen molar-refractivity contribution in [3.63, 3.8) is 0 Å². The van der Waals surface area contributed by atoms with Crippen molar-refractivity contribution in [1.82, 2.24) is 0 Å². The van der Waals surface area contributed by atoms with Gasteiger partial charge in [-0.2, -0.15) is 12.6 Å². The average molecular weight is 282 g/mol. The fraction of sp³-hybridized carbons (Fsp3) is 0.500. The number of benzene rings is 1. The molecule has 0 aliphatic heterocycles. The van der Waals surface area contributed by atoms with E-state index >= 15 is 0 Å². The van der Waals surface area contributed by atoms with E-state index in [0.29, 0.717) is 36.1 Å². The first-order chi connectivity index (χ1) is 9.03. The first kappa shape index (κ1) is 14.4. The van der Waals surface area contributed by atoms with Gasteiger partial charge in [0.1, 0.15) is 6.10 Å². The van der Waals surface area contributed by atoms with Gasteiger partial charge in [-0.05, 0) is 36.1 Å². The molecule has 0 amide bonds. The summed E-state index contributed by atoms with van der Waals surface area (Å²) in [6, 6.07) is 6.92. The van der Waals surface area contributed by atoms with Crippen molar-refractivity contribution in [2.45, 2.75) is 36.9 Å². The standard InChI is InChI=1S/C14H18O4S/c15-11(5-8-19)12(16)9-3-1-2-4-10(9)14(6-7-14)13(17)18/h1-4,11-12,15-16,19H,5-8H2,(H,17,18). The zero-order chi connectivity index (χ0) is 14.0. The lowest BCUT2D eigenvalue weighted by Crippen LogP contribution is -2.26. The molecule has 2 unspecified atom stereocenters. The highest BCUT2D eigenvalue weighted by Crippen LogP contribution is 2.50. The van der Waals surface area contributed by atoms with Gasteiger partial charge < -0.3 is 15.3 Å². The van der Waals surface area contributed by atoms with Gasteiger partial charge in [0, 0.05) is 0 Å². The molecule has 0 saturated heterocycles. The molecule has 0 spiro atoms. The Bertz CT molecular complexity index is 470. The van der Waals surface area contributed by atoms with Crippen molar-refractivity contribution < 1.29 is 20.1 Å². The number of hydrogen-bond donors (Lipinski definition) is 4. The second kappa shape index (κ2) is 5.53. The lowest BCUT2D eigenvalue weighted by Gasteiger charge is -2.23. The zero-order valence-electron chi connectivity index (χ0n) is 10.5. The number of aliphatic carboxylic acids is 1. The second-order valence-corrected chi connectivity index (χ2v) is 5.45. The Hall–Kier alpha value is -1.04. The number of rotatable bonds is 6. The number of carbonyl (C=O) groups is 1. The van der Waals surface area contributed by atoms with Crippen LogP contribution in [0.1, 0.15) is 36.5 Å². The maximum atomic E-state index is 11.4. The van der Waals surface area contributed by atoms with Gasteiger partial charge in [0.25, 0.3) is 0 Å². The second-order valence-electron chi connectivity index (χ2n) is 5.00. The Morgan fingerprint density at radius 3 is 2.47 bits per heavy atom. The fourth-order valence-corrected chi connectivity index (χ4v) is 2.68. The van der Waals surface area contributed by atoms with Crippen molar-refractivity contribution in [2.75, 3.05) is 5.75 Å². The normalized spacial score (nSPS) is 19.7. The van der Waals surface area contributed by atoms with E-state index in [1.807, 2.05) is 0 Å². The Labute approximate surface area is 117 Å². The fourth-order valence-electron chi connectivity index (χ4n) is 2.41. The molecule has 0 radical (unpaired) electrons. The predicted octanol–water partition coefficient (Wildman–Crippen LogP) is 1.52. The first-order valence-electron chi connectivity index (χ1n) is 6.33.